The van der Waals surface area contributed by atoms with Crippen LogP contribution in [0.2, 0.25) is 0 Å². The predicted molar refractivity (Wildman–Crippen MR) is 138 cm³/mol. The third-order valence-electron chi connectivity index (χ3n) is 5.32. The summed E-state index contributed by atoms with van der Waals surface area (Å²) in [7, 11) is 0. The van der Waals surface area contributed by atoms with Crippen LogP contribution in [0.5, 0.6) is 0 Å². The van der Waals surface area contributed by atoms with E-state index >= 15 is 0 Å². The van der Waals surface area contributed by atoms with Gasteiger partial charge < -0.3 is 0 Å². The fourth-order valence-corrected chi connectivity index (χ4v) is 3.58. The number of fused-ring (bicyclic) bond motifs is 2. The van der Waals surface area contributed by atoms with Gasteiger partial charge in [0.05, 0.1) is 23.5 Å². The number of hydrogen-bond acceptors (Lipinski definition) is 7. The summed E-state index contributed by atoms with van der Waals surface area (Å²) in [5, 5.41) is 9.88. The highest BCUT2D eigenvalue weighted by molar-refractivity contribution is 6.01. The summed E-state index contributed by atoms with van der Waals surface area (Å²) in [5.74, 6) is -1.10. The first kappa shape index (κ1) is 22.5. The van der Waals surface area contributed by atoms with Crippen LogP contribution in [-0.2, 0) is 0 Å². The number of nitrogens with one attached hydrogen (secondary N) is 2. The molecule has 3 aromatic heterocycles. The van der Waals surface area contributed by atoms with Gasteiger partial charge in [-0.15, -0.1) is 0 Å². The minimum Gasteiger partial charge on any atom is -0.266 e. The molecule has 0 saturated carbocycles. The molecule has 2 amide bonds. The van der Waals surface area contributed by atoms with Crippen LogP contribution >= 0.6 is 0 Å². The average molecular weight is 473 g/mol. The van der Waals surface area contributed by atoms with E-state index in [1.807, 2.05) is 48.5 Å². The molecule has 9 heteroatoms. The van der Waals surface area contributed by atoms with Crippen molar-refractivity contribution in [3.8, 4) is 0 Å². The van der Waals surface area contributed by atoms with Crippen LogP contribution in [0.25, 0.3) is 21.8 Å². The van der Waals surface area contributed by atoms with Crippen LogP contribution in [0, 0.1) is 0 Å². The molecule has 0 saturated heterocycles. The Labute approximate surface area is 205 Å². The van der Waals surface area contributed by atoms with E-state index in [4.69, 9.17) is 0 Å². The fourth-order valence-electron chi connectivity index (χ4n) is 3.58. The number of benzene rings is 2. The topological polar surface area (TPSA) is 122 Å². The van der Waals surface area contributed by atoms with Crippen molar-refractivity contribution in [1.29, 1.82) is 0 Å². The molecule has 36 heavy (non-hydrogen) atoms. The van der Waals surface area contributed by atoms with Gasteiger partial charge in [-0.2, -0.15) is 10.2 Å². The van der Waals surface area contributed by atoms with E-state index in [1.54, 1.807) is 30.6 Å². The number of carbonyl (C=O) groups is 2. The van der Waals surface area contributed by atoms with E-state index in [0.717, 1.165) is 32.9 Å². The lowest BCUT2D eigenvalue weighted by Gasteiger charge is -2.04. The first-order valence-electron chi connectivity index (χ1n) is 11.0. The van der Waals surface area contributed by atoms with Gasteiger partial charge in [-0.3, -0.25) is 19.6 Å². The number of hydrogen-bond donors (Lipinski definition) is 2. The zero-order valence-electron chi connectivity index (χ0n) is 18.9. The number of rotatable bonds is 6. The second-order valence-electron chi connectivity index (χ2n) is 7.64. The molecule has 3 heterocycles. The minimum absolute atomic E-state index is 0.0449. The van der Waals surface area contributed by atoms with Gasteiger partial charge in [-0.1, -0.05) is 42.5 Å². The Morgan fingerprint density at radius 1 is 0.611 bits per heavy atom. The van der Waals surface area contributed by atoms with E-state index < -0.39 is 11.8 Å². The van der Waals surface area contributed by atoms with Gasteiger partial charge in [-0.25, -0.2) is 15.8 Å². The molecule has 5 aromatic rings. The molecule has 5 rings (SSSR count). The Hall–Kier alpha value is -5.31. The predicted octanol–water partition coefficient (Wildman–Crippen LogP) is 3.71. The van der Waals surface area contributed by atoms with Crippen LogP contribution in [0.15, 0.2) is 101 Å². The van der Waals surface area contributed by atoms with E-state index in [2.05, 4.69) is 36.0 Å². The first-order chi connectivity index (χ1) is 17.7. The van der Waals surface area contributed by atoms with Crippen molar-refractivity contribution >= 4 is 46.0 Å². The summed E-state index contributed by atoms with van der Waals surface area (Å²) in [4.78, 5) is 37.8. The Balaban J connectivity index is 1.24. The molecule has 0 atom stereocenters. The maximum Gasteiger partial charge on any atom is 0.289 e. The second-order valence-corrected chi connectivity index (χ2v) is 7.64. The van der Waals surface area contributed by atoms with Gasteiger partial charge in [0.15, 0.2) is 0 Å². The summed E-state index contributed by atoms with van der Waals surface area (Å²) >= 11 is 0. The largest absolute Gasteiger partial charge is 0.289 e. The highest BCUT2D eigenvalue weighted by atomic mass is 16.2. The SMILES string of the molecule is O=C(NN=Cc1ccnc2ccccc12)c1cccc(C(=O)NN=Cc2ccnc3ccccc23)n1. The first-order valence-corrected chi connectivity index (χ1v) is 11.0. The number of amides is 2. The third-order valence-corrected chi connectivity index (χ3v) is 5.32. The van der Waals surface area contributed by atoms with Gasteiger partial charge >= 0.3 is 0 Å². The molecule has 9 nitrogen and oxygen atoms in total. The lowest BCUT2D eigenvalue weighted by atomic mass is 10.1. The van der Waals surface area contributed by atoms with Crippen molar-refractivity contribution in [1.82, 2.24) is 25.8 Å². The summed E-state index contributed by atoms with van der Waals surface area (Å²) < 4.78 is 0. The zero-order chi connectivity index (χ0) is 24.7. The van der Waals surface area contributed by atoms with Crippen LogP contribution in [0.1, 0.15) is 32.1 Å². The van der Waals surface area contributed by atoms with E-state index in [-0.39, 0.29) is 11.4 Å². The third kappa shape index (κ3) is 4.95. The van der Waals surface area contributed by atoms with E-state index in [9.17, 15) is 9.59 Å². The van der Waals surface area contributed by atoms with Crippen molar-refractivity contribution in [2.45, 2.75) is 0 Å². The lowest BCUT2D eigenvalue weighted by molar-refractivity contribution is 0.0945. The van der Waals surface area contributed by atoms with Crippen LogP contribution < -0.4 is 10.9 Å². The summed E-state index contributed by atoms with van der Waals surface area (Å²) in [6, 6.07) is 23.4. The monoisotopic (exact) mass is 473 g/mol. The Bertz CT molecular complexity index is 1520. The molecular weight excluding hydrogens is 454 g/mol. The molecule has 0 spiro atoms. The number of aromatic nitrogens is 3. The van der Waals surface area contributed by atoms with Crippen LogP contribution in [0.3, 0.4) is 0 Å². The van der Waals surface area contributed by atoms with Gasteiger partial charge in [-0.05, 0) is 36.4 Å². The molecule has 0 aliphatic rings. The zero-order valence-corrected chi connectivity index (χ0v) is 18.9. The van der Waals surface area contributed by atoms with Crippen LogP contribution in [0.4, 0.5) is 0 Å². The van der Waals surface area contributed by atoms with Gasteiger partial charge in [0.25, 0.3) is 11.8 Å². The fraction of sp³-hybridized carbons (Fsp3) is 0. The molecule has 0 bridgehead atoms. The number of pyridine rings is 3. The van der Waals surface area contributed by atoms with E-state index in [0.29, 0.717) is 0 Å². The summed E-state index contributed by atoms with van der Waals surface area (Å²) in [6.07, 6.45) is 6.43. The van der Waals surface area contributed by atoms with Crippen molar-refractivity contribution in [3.63, 3.8) is 0 Å². The van der Waals surface area contributed by atoms with Gasteiger partial charge in [0.2, 0.25) is 0 Å². The van der Waals surface area contributed by atoms with Crippen molar-refractivity contribution < 1.29 is 9.59 Å². The minimum atomic E-state index is -0.550. The van der Waals surface area contributed by atoms with E-state index in [1.165, 1.54) is 24.6 Å². The molecule has 174 valence electrons. The molecule has 0 aliphatic heterocycles. The smallest absolute Gasteiger partial charge is 0.266 e. The second kappa shape index (κ2) is 10.3. The van der Waals surface area contributed by atoms with Crippen molar-refractivity contribution in [3.05, 3.63) is 114 Å². The average Bonchev–Trinajstić information content (AvgIpc) is 2.93. The van der Waals surface area contributed by atoms with Gasteiger partial charge in [0, 0.05) is 34.3 Å². The van der Waals surface area contributed by atoms with Gasteiger partial charge in [0.1, 0.15) is 11.4 Å². The molecule has 0 aliphatic carbocycles. The molecule has 0 unspecified atom stereocenters. The molecule has 2 aromatic carbocycles. The lowest BCUT2D eigenvalue weighted by Crippen LogP contribution is -2.23. The maximum atomic E-state index is 12.5. The standard InChI is InChI=1S/C27H19N7O2/c35-26(33-30-16-18-12-14-28-22-8-3-1-6-20(18)22)24-10-5-11-25(32-24)27(36)34-31-17-19-13-15-29-23-9-4-2-7-21(19)23/h1-17H,(H,33,35)(H,34,36). The Morgan fingerprint density at radius 2 is 1.08 bits per heavy atom. The quantitative estimate of drug-likeness (QED) is 0.288. The normalized spacial score (nSPS) is 11.3. The van der Waals surface area contributed by atoms with Crippen LogP contribution in [-0.4, -0.2) is 39.2 Å². The van der Waals surface area contributed by atoms with Crippen molar-refractivity contribution in [2.75, 3.05) is 0 Å². The Kier molecular flexibility index (Phi) is 6.44. The number of nitrogens with zero attached hydrogens (tertiary/aromatic N) is 5. The molecular formula is C27H19N7O2. The number of hydrazone groups is 2. The summed E-state index contributed by atoms with van der Waals surface area (Å²) in [5.41, 5.74) is 8.24. The number of carbonyl (C=O) groups excluding carboxylic acids is 2. The molecule has 0 radical (unpaired) electrons. The highest BCUT2D eigenvalue weighted by Crippen LogP contribution is 2.15. The summed E-state index contributed by atoms with van der Waals surface area (Å²) in [6.45, 7) is 0. The van der Waals surface area contributed by atoms with Crippen molar-refractivity contribution in [2.24, 2.45) is 10.2 Å². The molecule has 2 N–H and O–H groups in total. The maximum absolute atomic E-state index is 12.5. The number of para-hydroxylation sites is 2. The highest BCUT2D eigenvalue weighted by Gasteiger charge is 2.12. The Morgan fingerprint density at radius 3 is 1.58 bits per heavy atom. The molecule has 0 fully saturated rings.